The summed E-state index contributed by atoms with van der Waals surface area (Å²) in [5, 5.41) is 2.95. The van der Waals surface area contributed by atoms with Gasteiger partial charge in [-0.2, -0.15) is 0 Å². The minimum atomic E-state index is -0.168. The molecule has 2 aromatic rings. The third-order valence-electron chi connectivity index (χ3n) is 4.91. The predicted octanol–water partition coefficient (Wildman–Crippen LogP) is 2.74. The number of benzene rings is 1. The molecule has 1 N–H and O–H groups in total. The standard InChI is InChI=1S/C20H27N5O/c1-4-16-7-6-8-17(13-16)23-19(26)18-14-21-20(22-15(18)3)25-11-9-24(5-2)10-12-25/h6-8,13-14H,4-5,9-12H2,1-3H3,(H,23,26). The highest BCUT2D eigenvalue weighted by Gasteiger charge is 2.19. The molecule has 0 unspecified atom stereocenters. The van der Waals surface area contributed by atoms with Gasteiger partial charge in [0.05, 0.1) is 11.3 Å². The maximum Gasteiger partial charge on any atom is 0.259 e. The zero-order valence-electron chi connectivity index (χ0n) is 15.8. The fourth-order valence-corrected chi connectivity index (χ4v) is 3.16. The number of likely N-dealkylation sites (N-methyl/N-ethyl adjacent to an activating group) is 1. The molecule has 0 aliphatic carbocycles. The van der Waals surface area contributed by atoms with Crippen molar-refractivity contribution in [1.82, 2.24) is 14.9 Å². The molecule has 1 aromatic carbocycles. The molecule has 0 atom stereocenters. The largest absolute Gasteiger partial charge is 0.338 e. The number of hydrogen-bond acceptors (Lipinski definition) is 5. The zero-order valence-corrected chi connectivity index (χ0v) is 15.8. The number of aryl methyl sites for hydroxylation is 2. The third kappa shape index (κ3) is 4.19. The molecule has 1 saturated heterocycles. The molecule has 1 aliphatic heterocycles. The lowest BCUT2D eigenvalue weighted by molar-refractivity contribution is 0.102. The maximum atomic E-state index is 12.6. The Morgan fingerprint density at radius 3 is 2.62 bits per heavy atom. The summed E-state index contributed by atoms with van der Waals surface area (Å²) in [4.78, 5) is 26.2. The van der Waals surface area contributed by atoms with E-state index in [2.05, 4.69) is 45.0 Å². The van der Waals surface area contributed by atoms with Gasteiger partial charge in [-0.25, -0.2) is 9.97 Å². The summed E-state index contributed by atoms with van der Waals surface area (Å²) in [5.74, 6) is 0.542. The summed E-state index contributed by atoms with van der Waals surface area (Å²) >= 11 is 0. The third-order valence-corrected chi connectivity index (χ3v) is 4.91. The first-order valence-corrected chi connectivity index (χ1v) is 9.32. The van der Waals surface area contributed by atoms with Crippen molar-refractivity contribution < 1.29 is 4.79 Å². The number of nitrogens with one attached hydrogen (secondary N) is 1. The van der Waals surface area contributed by atoms with E-state index in [9.17, 15) is 4.79 Å². The highest BCUT2D eigenvalue weighted by Crippen LogP contribution is 2.16. The van der Waals surface area contributed by atoms with E-state index in [1.807, 2.05) is 25.1 Å². The number of rotatable bonds is 5. The average molecular weight is 353 g/mol. The molecule has 6 heteroatoms. The van der Waals surface area contributed by atoms with E-state index >= 15 is 0 Å². The van der Waals surface area contributed by atoms with Crippen LogP contribution in [0.2, 0.25) is 0 Å². The zero-order chi connectivity index (χ0) is 18.5. The smallest absolute Gasteiger partial charge is 0.259 e. The first kappa shape index (κ1) is 18.3. The van der Waals surface area contributed by atoms with Gasteiger partial charge in [0, 0.05) is 38.1 Å². The summed E-state index contributed by atoms with van der Waals surface area (Å²) in [6.07, 6.45) is 2.58. The highest BCUT2D eigenvalue weighted by molar-refractivity contribution is 6.04. The van der Waals surface area contributed by atoms with Crippen molar-refractivity contribution >= 4 is 17.5 Å². The van der Waals surface area contributed by atoms with E-state index in [1.54, 1.807) is 6.20 Å². The molecule has 3 rings (SSSR count). The molecule has 6 nitrogen and oxygen atoms in total. The summed E-state index contributed by atoms with van der Waals surface area (Å²) < 4.78 is 0. The Kier molecular flexibility index (Phi) is 5.83. The number of aromatic nitrogens is 2. The van der Waals surface area contributed by atoms with Gasteiger partial charge in [0.15, 0.2) is 0 Å². The van der Waals surface area contributed by atoms with Gasteiger partial charge in [-0.1, -0.05) is 26.0 Å². The van der Waals surface area contributed by atoms with Gasteiger partial charge in [-0.3, -0.25) is 4.79 Å². The Morgan fingerprint density at radius 1 is 1.19 bits per heavy atom. The van der Waals surface area contributed by atoms with E-state index in [0.29, 0.717) is 17.2 Å². The second kappa shape index (κ2) is 8.27. The van der Waals surface area contributed by atoms with Gasteiger partial charge in [0.1, 0.15) is 0 Å². The Balaban J connectivity index is 1.70. The van der Waals surface area contributed by atoms with Crippen LogP contribution in [0, 0.1) is 6.92 Å². The first-order chi connectivity index (χ1) is 12.6. The lowest BCUT2D eigenvalue weighted by Gasteiger charge is -2.34. The van der Waals surface area contributed by atoms with Crippen LogP contribution in [0.3, 0.4) is 0 Å². The quantitative estimate of drug-likeness (QED) is 0.896. The number of hydrogen-bond donors (Lipinski definition) is 1. The summed E-state index contributed by atoms with van der Waals surface area (Å²) in [6.45, 7) is 11.1. The molecule has 0 saturated carbocycles. The SMILES string of the molecule is CCc1cccc(NC(=O)c2cnc(N3CCN(CC)CC3)nc2C)c1. The van der Waals surface area contributed by atoms with Gasteiger partial charge in [0.25, 0.3) is 5.91 Å². The monoisotopic (exact) mass is 353 g/mol. The maximum absolute atomic E-state index is 12.6. The molecule has 0 spiro atoms. The van der Waals surface area contributed by atoms with Crippen molar-refractivity contribution in [2.24, 2.45) is 0 Å². The number of nitrogens with zero attached hydrogens (tertiary/aromatic N) is 4. The van der Waals surface area contributed by atoms with Gasteiger partial charge >= 0.3 is 0 Å². The molecule has 0 radical (unpaired) electrons. The van der Waals surface area contributed by atoms with E-state index < -0.39 is 0 Å². The predicted molar refractivity (Wildman–Crippen MR) is 105 cm³/mol. The minimum absolute atomic E-state index is 0.168. The van der Waals surface area contributed by atoms with Crippen molar-refractivity contribution in [3.8, 4) is 0 Å². The van der Waals surface area contributed by atoms with Gasteiger partial charge in [-0.15, -0.1) is 0 Å². The lowest BCUT2D eigenvalue weighted by Crippen LogP contribution is -2.46. The molecule has 1 aliphatic rings. The van der Waals surface area contributed by atoms with Crippen molar-refractivity contribution in [2.45, 2.75) is 27.2 Å². The number of anilines is 2. The van der Waals surface area contributed by atoms with Crippen LogP contribution in [-0.2, 0) is 6.42 Å². The van der Waals surface area contributed by atoms with E-state index in [1.165, 1.54) is 5.56 Å². The van der Waals surface area contributed by atoms with Crippen LogP contribution in [0.15, 0.2) is 30.5 Å². The van der Waals surface area contributed by atoms with Crippen molar-refractivity contribution in [1.29, 1.82) is 0 Å². The van der Waals surface area contributed by atoms with Crippen LogP contribution in [0.1, 0.15) is 35.5 Å². The van der Waals surface area contributed by atoms with Crippen LogP contribution in [0.4, 0.5) is 11.6 Å². The van der Waals surface area contributed by atoms with Crippen LogP contribution in [0.5, 0.6) is 0 Å². The van der Waals surface area contributed by atoms with E-state index in [-0.39, 0.29) is 5.91 Å². The fraction of sp³-hybridized carbons (Fsp3) is 0.450. The normalized spacial score (nSPS) is 15.1. The fourth-order valence-electron chi connectivity index (χ4n) is 3.16. The molecule has 1 amide bonds. The molecule has 26 heavy (non-hydrogen) atoms. The first-order valence-electron chi connectivity index (χ1n) is 9.32. The molecule has 1 aromatic heterocycles. The number of piperazine rings is 1. The minimum Gasteiger partial charge on any atom is -0.338 e. The van der Waals surface area contributed by atoms with Gasteiger partial charge in [-0.05, 0) is 37.6 Å². The Labute approximate surface area is 155 Å². The molecule has 1 fully saturated rings. The topological polar surface area (TPSA) is 61.4 Å². The second-order valence-electron chi connectivity index (χ2n) is 6.60. The molecular weight excluding hydrogens is 326 g/mol. The van der Waals surface area contributed by atoms with Crippen molar-refractivity contribution in [3.05, 3.63) is 47.3 Å². The summed E-state index contributed by atoms with van der Waals surface area (Å²) in [7, 11) is 0. The van der Waals surface area contributed by atoms with Gasteiger partial charge in [0.2, 0.25) is 5.95 Å². The number of carbonyl (C=O) groups is 1. The van der Waals surface area contributed by atoms with Gasteiger partial charge < -0.3 is 15.1 Å². The lowest BCUT2D eigenvalue weighted by atomic mass is 10.1. The van der Waals surface area contributed by atoms with Crippen LogP contribution < -0.4 is 10.2 Å². The van der Waals surface area contributed by atoms with Crippen LogP contribution >= 0.6 is 0 Å². The van der Waals surface area contributed by atoms with Crippen LogP contribution in [-0.4, -0.2) is 53.5 Å². The van der Waals surface area contributed by atoms with E-state index in [4.69, 9.17) is 0 Å². The van der Waals surface area contributed by atoms with Crippen LogP contribution in [0.25, 0.3) is 0 Å². The summed E-state index contributed by atoms with van der Waals surface area (Å²) in [5.41, 5.74) is 3.21. The molecule has 2 heterocycles. The highest BCUT2D eigenvalue weighted by atomic mass is 16.1. The Hall–Kier alpha value is -2.47. The average Bonchev–Trinajstić information content (AvgIpc) is 2.68. The molecule has 0 bridgehead atoms. The Bertz CT molecular complexity index is 769. The van der Waals surface area contributed by atoms with Crippen molar-refractivity contribution in [2.75, 3.05) is 42.9 Å². The van der Waals surface area contributed by atoms with Crippen molar-refractivity contribution in [3.63, 3.8) is 0 Å². The second-order valence-corrected chi connectivity index (χ2v) is 6.60. The molecule has 138 valence electrons. The molecular formula is C20H27N5O. The van der Waals surface area contributed by atoms with E-state index in [0.717, 1.165) is 44.8 Å². The number of amides is 1. The number of carbonyl (C=O) groups excluding carboxylic acids is 1. The summed E-state index contributed by atoms with van der Waals surface area (Å²) in [6, 6.07) is 7.90. The Morgan fingerprint density at radius 2 is 1.96 bits per heavy atom.